The van der Waals surface area contributed by atoms with Crippen molar-refractivity contribution in [3.63, 3.8) is 0 Å². The van der Waals surface area contributed by atoms with Crippen LogP contribution in [-0.4, -0.2) is 33.9 Å². The summed E-state index contributed by atoms with van der Waals surface area (Å²) in [4.78, 5) is 23.6. The van der Waals surface area contributed by atoms with Crippen molar-refractivity contribution in [2.24, 2.45) is 0 Å². The van der Waals surface area contributed by atoms with Gasteiger partial charge >= 0.3 is 0 Å². The predicted octanol–water partition coefficient (Wildman–Crippen LogP) is 4.23. The van der Waals surface area contributed by atoms with Crippen molar-refractivity contribution in [1.82, 2.24) is 14.9 Å². The third kappa shape index (κ3) is 4.25. The molecule has 1 aliphatic heterocycles. The number of amides is 1. The molecular formula is C23H22FN3O. The third-order valence-electron chi connectivity index (χ3n) is 5.14. The van der Waals surface area contributed by atoms with Gasteiger partial charge in [0.25, 0.3) is 0 Å². The number of benzene rings is 1. The van der Waals surface area contributed by atoms with Gasteiger partial charge in [0.15, 0.2) is 0 Å². The van der Waals surface area contributed by atoms with E-state index in [1.807, 2.05) is 47.4 Å². The fourth-order valence-corrected chi connectivity index (χ4v) is 3.70. The number of hydrogen-bond acceptors (Lipinski definition) is 3. The average Bonchev–Trinajstić information content (AvgIpc) is 2.75. The number of hydrogen-bond donors (Lipinski definition) is 0. The number of likely N-dealkylation sites (tertiary alicyclic amines) is 1. The Labute approximate surface area is 164 Å². The van der Waals surface area contributed by atoms with E-state index < -0.39 is 0 Å². The Bertz CT molecular complexity index is 961. The summed E-state index contributed by atoms with van der Waals surface area (Å²) in [6, 6.07) is 18.0. The normalized spacial score (nSPS) is 16.8. The van der Waals surface area contributed by atoms with Crippen LogP contribution in [0.4, 0.5) is 4.39 Å². The lowest BCUT2D eigenvalue weighted by atomic mass is 9.93. The first-order valence-electron chi connectivity index (χ1n) is 9.59. The molecule has 4 rings (SSSR count). The van der Waals surface area contributed by atoms with E-state index in [1.165, 1.54) is 12.1 Å². The lowest BCUT2D eigenvalue weighted by molar-refractivity contribution is -0.131. The van der Waals surface area contributed by atoms with Crippen LogP contribution in [0.15, 0.2) is 66.9 Å². The van der Waals surface area contributed by atoms with Crippen molar-refractivity contribution in [3.8, 4) is 11.3 Å². The smallest absolute Gasteiger partial charge is 0.228 e. The van der Waals surface area contributed by atoms with Gasteiger partial charge in [-0.05, 0) is 49.2 Å². The minimum Gasteiger partial charge on any atom is -0.342 e. The summed E-state index contributed by atoms with van der Waals surface area (Å²) in [6.07, 6.45) is 3.98. The van der Waals surface area contributed by atoms with E-state index in [-0.39, 0.29) is 17.6 Å². The highest BCUT2D eigenvalue weighted by molar-refractivity contribution is 5.78. The molecule has 4 nitrogen and oxygen atoms in total. The Hall–Kier alpha value is -3.08. The van der Waals surface area contributed by atoms with Crippen LogP contribution in [0.25, 0.3) is 11.3 Å². The molecule has 1 aliphatic rings. The number of aromatic nitrogens is 2. The molecule has 1 unspecified atom stereocenters. The molecule has 0 spiro atoms. The predicted molar refractivity (Wildman–Crippen MR) is 106 cm³/mol. The molecule has 1 fully saturated rings. The largest absolute Gasteiger partial charge is 0.342 e. The lowest BCUT2D eigenvalue weighted by Crippen LogP contribution is -2.40. The molecule has 0 bridgehead atoms. The third-order valence-corrected chi connectivity index (χ3v) is 5.14. The van der Waals surface area contributed by atoms with E-state index in [2.05, 4.69) is 4.98 Å². The van der Waals surface area contributed by atoms with E-state index in [0.29, 0.717) is 13.0 Å². The van der Waals surface area contributed by atoms with Gasteiger partial charge in [0.05, 0.1) is 12.1 Å². The van der Waals surface area contributed by atoms with Crippen LogP contribution in [0, 0.1) is 5.82 Å². The summed E-state index contributed by atoms with van der Waals surface area (Å²) in [5, 5.41) is 0. The first-order chi connectivity index (χ1) is 13.7. The molecule has 142 valence electrons. The van der Waals surface area contributed by atoms with Gasteiger partial charge in [0.1, 0.15) is 5.82 Å². The first kappa shape index (κ1) is 18.3. The van der Waals surface area contributed by atoms with E-state index in [0.717, 1.165) is 42.0 Å². The molecule has 28 heavy (non-hydrogen) atoms. The van der Waals surface area contributed by atoms with Crippen molar-refractivity contribution >= 4 is 5.91 Å². The topological polar surface area (TPSA) is 46.1 Å². The maximum absolute atomic E-state index is 13.6. The molecule has 0 aliphatic carbocycles. The van der Waals surface area contributed by atoms with Crippen LogP contribution in [0.5, 0.6) is 0 Å². The number of rotatable bonds is 4. The van der Waals surface area contributed by atoms with Crippen LogP contribution < -0.4 is 0 Å². The number of pyridine rings is 2. The SMILES string of the molecule is O=C(Cc1ccccn1)N1CCCC(c2cccc(-c3cccc(F)c3)n2)C1. The zero-order chi connectivity index (χ0) is 19.3. The zero-order valence-corrected chi connectivity index (χ0v) is 15.6. The van der Waals surface area contributed by atoms with Crippen molar-refractivity contribution in [2.45, 2.75) is 25.2 Å². The van der Waals surface area contributed by atoms with Crippen LogP contribution in [0.1, 0.15) is 30.1 Å². The second-order valence-corrected chi connectivity index (χ2v) is 7.13. The summed E-state index contributed by atoms with van der Waals surface area (Å²) in [5.41, 5.74) is 3.27. The highest BCUT2D eigenvalue weighted by Gasteiger charge is 2.26. The Morgan fingerprint density at radius 3 is 2.82 bits per heavy atom. The molecule has 3 heterocycles. The molecule has 1 atom stereocenters. The van der Waals surface area contributed by atoms with E-state index in [4.69, 9.17) is 4.98 Å². The molecule has 0 N–H and O–H groups in total. The summed E-state index contributed by atoms with van der Waals surface area (Å²) in [6.45, 7) is 1.43. The highest BCUT2D eigenvalue weighted by atomic mass is 19.1. The number of carbonyl (C=O) groups excluding carboxylic acids is 1. The van der Waals surface area contributed by atoms with Crippen molar-refractivity contribution in [2.75, 3.05) is 13.1 Å². The summed E-state index contributed by atoms with van der Waals surface area (Å²) in [5.74, 6) is 0.0216. The van der Waals surface area contributed by atoms with Crippen LogP contribution >= 0.6 is 0 Å². The van der Waals surface area contributed by atoms with Gasteiger partial charge in [-0.3, -0.25) is 14.8 Å². The van der Waals surface area contributed by atoms with Gasteiger partial charge in [-0.25, -0.2) is 4.39 Å². The van der Waals surface area contributed by atoms with Crippen LogP contribution in [-0.2, 0) is 11.2 Å². The second-order valence-electron chi connectivity index (χ2n) is 7.13. The molecule has 0 saturated carbocycles. The molecule has 2 aromatic heterocycles. The van der Waals surface area contributed by atoms with Crippen LogP contribution in [0.2, 0.25) is 0 Å². The fraction of sp³-hybridized carbons (Fsp3) is 0.261. The Kier molecular flexibility index (Phi) is 5.42. The number of piperidine rings is 1. The Morgan fingerprint density at radius 1 is 1.11 bits per heavy atom. The molecule has 5 heteroatoms. The molecular weight excluding hydrogens is 353 g/mol. The van der Waals surface area contributed by atoms with Crippen molar-refractivity contribution < 1.29 is 9.18 Å². The lowest BCUT2D eigenvalue weighted by Gasteiger charge is -2.32. The molecule has 0 radical (unpaired) electrons. The minimum absolute atomic E-state index is 0.102. The first-order valence-corrected chi connectivity index (χ1v) is 9.59. The average molecular weight is 375 g/mol. The van der Waals surface area contributed by atoms with Gasteiger partial charge in [0.2, 0.25) is 5.91 Å². The van der Waals surface area contributed by atoms with Crippen molar-refractivity contribution in [1.29, 1.82) is 0 Å². The molecule has 1 saturated heterocycles. The Balaban J connectivity index is 1.49. The monoisotopic (exact) mass is 375 g/mol. The number of carbonyl (C=O) groups is 1. The standard InChI is InChI=1S/C23H22FN3O/c24-19-8-3-6-17(14-19)21-10-4-11-22(26-21)18-7-5-13-27(16-18)23(28)15-20-9-1-2-12-25-20/h1-4,6,8-12,14,18H,5,7,13,15-16H2. The quantitative estimate of drug-likeness (QED) is 0.685. The Morgan fingerprint density at radius 2 is 2.00 bits per heavy atom. The van der Waals surface area contributed by atoms with Crippen LogP contribution in [0.3, 0.4) is 0 Å². The molecule has 1 amide bonds. The maximum atomic E-state index is 13.6. The maximum Gasteiger partial charge on any atom is 0.228 e. The van der Waals surface area contributed by atoms with Gasteiger partial charge in [0, 0.05) is 42.2 Å². The highest BCUT2D eigenvalue weighted by Crippen LogP contribution is 2.28. The zero-order valence-electron chi connectivity index (χ0n) is 15.6. The fourth-order valence-electron chi connectivity index (χ4n) is 3.70. The van der Waals surface area contributed by atoms with E-state index >= 15 is 0 Å². The minimum atomic E-state index is -0.270. The summed E-state index contributed by atoms with van der Waals surface area (Å²) >= 11 is 0. The second kappa shape index (κ2) is 8.30. The van der Waals surface area contributed by atoms with Crippen molar-refractivity contribution in [3.05, 3.63) is 84.1 Å². The molecule has 3 aromatic rings. The summed E-state index contributed by atoms with van der Waals surface area (Å²) in [7, 11) is 0. The molecule has 1 aromatic carbocycles. The van der Waals surface area contributed by atoms with Gasteiger partial charge in [-0.2, -0.15) is 0 Å². The number of nitrogens with zero attached hydrogens (tertiary/aromatic N) is 3. The van der Waals surface area contributed by atoms with Gasteiger partial charge in [-0.15, -0.1) is 0 Å². The van der Waals surface area contributed by atoms with E-state index in [9.17, 15) is 9.18 Å². The van der Waals surface area contributed by atoms with Gasteiger partial charge in [-0.1, -0.05) is 24.3 Å². The number of halogens is 1. The summed E-state index contributed by atoms with van der Waals surface area (Å²) < 4.78 is 13.6. The van der Waals surface area contributed by atoms with Gasteiger partial charge < -0.3 is 4.90 Å². The van der Waals surface area contributed by atoms with E-state index in [1.54, 1.807) is 12.3 Å².